The molecule has 0 heterocycles. The van der Waals surface area contributed by atoms with Crippen LogP contribution in [0, 0.1) is 12.7 Å². The number of carboxylic acid groups (broad SMARTS) is 1. The molecule has 0 aliphatic carbocycles. The fourth-order valence-corrected chi connectivity index (χ4v) is 4.10. The molecule has 0 atom stereocenters. The standard InChI is InChI=1S/C21H18FNO5S/c1-13-9-16(21(25)26)12-19(20(13)22)29(27,28)23-17-11-15(7-8-18(17)24)10-14-5-3-2-4-6-14/h2-9,11-12,23-24H,10H2,1H3,(H,25,26). The summed E-state index contributed by atoms with van der Waals surface area (Å²) in [7, 11) is -4.48. The summed E-state index contributed by atoms with van der Waals surface area (Å²) in [6.45, 7) is 1.28. The second kappa shape index (κ2) is 7.92. The fourth-order valence-electron chi connectivity index (χ4n) is 2.86. The lowest BCUT2D eigenvalue weighted by atomic mass is 10.0. The molecule has 0 fully saturated rings. The van der Waals surface area contributed by atoms with E-state index in [9.17, 15) is 22.7 Å². The molecular formula is C21H18FNO5S. The first kappa shape index (κ1) is 20.3. The van der Waals surface area contributed by atoms with Crippen LogP contribution < -0.4 is 4.72 Å². The van der Waals surface area contributed by atoms with Crippen LogP contribution in [0.5, 0.6) is 5.75 Å². The Bertz CT molecular complexity index is 1180. The Balaban J connectivity index is 1.97. The van der Waals surface area contributed by atoms with Crippen LogP contribution in [0.25, 0.3) is 0 Å². The number of benzene rings is 3. The highest BCUT2D eigenvalue weighted by Crippen LogP contribution is 2.29. The molecule has 3 aromatic rings. The number of anilines is 1. The Labute approximate surface area is 167 Å². The van der Waals surface area contributed by atoms with Crippen molar-refractivity contribution in [3.8, 4) is 5.75 Å². The fraction of sp³-hybridized carbons (Fsp3) is 0.0952. The summed E-state index contributed by atoms with van der Waals surface area (Å²) >= 11 is 0. The number of hydrogen-bond acceptors (Lipinski definition) is 4. The van der Waals surface area contributed by atoms with Gasteiger partial charge in [-0.3, -0.25) is 4.72 Å². The summed E-state index contributed by atoms with van der Waals surface area (Å²) in [4.78, 5) is 10.4. The molecule has 29 heavy (non-hydrogen) atoms. The van der Waals surface area contributed by atoms with E-state index in [0.29, 0.717) is 6.42 Å². The first-order valence-corrected chi connectivity index (χ1v) is 10.1. The first-order valence-electron chi connectivity index (χ1n) is 8.59. The Morgan fingerprint density at radius 1 is 1.03 bits per heavy atom. The molecule has 6 nitrogen and oxygen atoms in total. The van der Waals surface area contributed by atoms with Crippen LogP contribution in [-0.4, -0.2) is 24.6 Å². The third kappa shape index (κ3) is 4.55. The largest absolute Gasteiger partial charge is 0.506 e. The molecule has 0 saturated carbocycles. The zero-order chi connectivity index (χ0) is 21.2. The van der Waals surface area contributed by atoms with Crippen molar-refractivity contribution in [1.29, 1.82) is 0 Å². The van der Waals surface area contributed by atoms with Crippen LogP contribution in [0.1, 0.15) is 27.0 Å². The van der Waals surface area contributed by atoms with Crippen molar-refractivity contribution in [3.63, 3.8) is 0 Å². The Morgan fingerprint density at radius 3 is 2.38 bits per heavy atom. The highest BCUT2D eigenvalue weighted by atomic mass is 32.2. The topological polar surface area (TPSA) is 104 Å². The lowest BCUT2D eigenvalue weighted by molar-refractivity contribution is 0.0696. The normalized spacial score (nSPS) is 11.2. The zero-order valence-electron chi connectivity index (χ0n) is 15.4. The van der Waals surface area contributed by atoms with E-state index in [1.165, 1.54) is 19.1 Å². The quantitative estimate of drug-likeness (QED) is 0.529. The number of rotatable bonds is 6. The summed E-state index contributed by atoms with van der Waals surface area (Å²) < 4.78 is 42.0. The highest BCUT2D eigenvalue weighted by Gasteiger charge is 2.24. The van der Waals surface area contributed by atoms with E-state index >= 15 is 0 Å². The molecule has 0 amide bonds. The average molecular weight is 415 g/mol. The van der Waals surface area contributed by atoms with Gasteiger partial charge in [0.1, 0.15) is 16.5 Å². The molecule has 150 valence electrons. The Kier molecular flexibility index (Phi) is 5.56. The molecule has 0 bridgehead atoms. The van der Waals surface area contributed by atoms with E-state index in [1.807, 2.05) is 30.3 Å². The van der Waals surface area contributed by atoms with Crippen molar-refractivity contribution in [2.24, 2.45) is 0 Å². The van der Waals surface area contributed by atoms with Gasteiger partial charge in [0.15, 0.2) is 0 Å². The second-order valence-corrected chi connectivity index (χ2v) is 8.18. The molecule has 3 N–H and O–H groups in total. The molecule has 3 aromatic carbocycles. The van der Waals surface area contributed by atoms with E-state index < -0.39 is 26.7 Å². The number of hydrogen-bond donors (Lipinski definition) is 3. The number of nitrogens with one attached hydrogen (secondary N) is 1. The van der Waals surface area contributed by atoms with E-state index in [-0.39, 0.29) is 22.6 Å². The van der Waals surface area contributed by atoms with Gasteiger partial charge < -0.3 is 10.2 Å². The molecule has 0 radical (unpaired) electrons. The van der Waals surface area contributed by atoms with E-state index in [2.05, 4.69) is 4.72 Å². The number of phenolic OH excluding ortho intramolecular Hbond substituents is 1. The van der Waals surface area contributed by atoms with Gasteiger partial charge in [-0.25, -0.2) is 17.6 Å². The van der Waals surface area contributed by atoms with Gasteiger partial charge in [-0.1, -0.05) is 36.4 Å². The molecule has 0 aromatic heterocycles. The number of halogens is 1. The lowest BCUT2D eigenvalue weighted by Crippen LogP contribution is -2.16. The van der Waals surface area contributed by atoms with Crippen LogP contribution in [0.3, 0.4) is 0 Å². The van der Waals surface area contributed by atoms with E-state index in [4.69, 9.17) is 5.11 Å². The molecule has 3 rings (SSSR count). The molecule has 0 spiro atoms. The summed E-state index contributed by atoms with van der Waals surface area (Å²) in [6, 6.07) is 15.7. The second-order valence-electron chi connectivity index (χ2n) is 6.53. The van der Waals surface area contributed by atoms with Crippen molar-refractivity contribution in [1.82, 2.24) is 0 Å². The lowest BCUT2D eigenvalue weighted by Gasteiger charge is -2.13. The van der Waals surface area contributed by atoms with Gasteiger partial charge in [0.25, 0.3) is 10.0 Å². The molecule has 0 aliphatic heterocycles. The number of aromatic carboxylic acids is 1. The van der Waals surface area contributed by atoms with Gasteiger partial charge in [-0.2, -0.15) is 0 Å². The number of carboxylic acids is 1. The Hall–Kier alpha value is -3.39. The minimum absolute atomic E-state index is 0.118. The summed E-state index contributed by atoms with van der Waals surface area (Å²) in [5.74, 6) is -2.77. The van der Waals surface area contributed by atoms with Gasteiger partial charge in [0.2, 0.25) is 0 Å². The maximum Gasteiger partial charge on any atom is 0.335 e. The highest BCUT2D eigenvalue weighted by molar-refractivity contribution is 7.92. The molecule has 8 heteroatoms. The minimum atomic E-state index is -4.48. The Morgan fingerprint density at radius 2 is 1.72 bits per heavy atom. The predicted octanol–water partition coefficient (Wildman–Crippen LogP) is 3.93. The SMILES string of the molecule is Cc1cc(C(=O)O)cc(S(=O)(=O)Nc2cc(Cc3ccccc3)ccc2O)c1F. The van der Waals surface area contributed by atoms with Crippen LogP contribution in [0.2, 0.25) is 0 Å². The van der Waals surface area contributed by atoms with Gasteiger partial charge >= 0.3 is 5.97 Å². The molecule has 0 saturated heterocycles. The monoisotopic (exact) mass is 415 g/mol. The van der Waals surface area contributed by atoms with Crippen molar-refractivity contribution >= 4 is 21.7 Å². The molecule has 0 aliphatic rings. The van der Waals surface area contributed by atoms with Crippen LogP contribution in [0.4, 0.5) is 10.1 Å². The van der Waals surface area contributed by atoms with Crippen LogP contribution >= 0.6 is 0 Å². The summed E-state index contributed by atoms with van der Waals surface area (Å²) in [5.41, 5.74) is 1.11. The van der Waals surface area contributed by atoms with Crippen molar-refractivity contribution in [2.45, 2.75) is 18.2 Å². The van der Waals surface area contributed by atoms with Crippen LogP contribution in [0.15, 0.2) is 65.6 Å². The number of aryl methyl sites for hydroxylation is 1. The van der Waals surface area contributed by atoms with Gasteiger partial charge in [-0.05, 0) is 54.3 Å². The summed E-state index contributed by atoms with van der Waals surface area (Å²) in [6.07, 6.45) is 0.498. The van der Waals surface area contributed by atoms with Gasteiger partial charge in [0.05, 0.1) is 11.3 Å². The van der Waals surface area contributed by atoms with Crippen LogP contribution in [-0.2, 0) is 16.4 Å². The number of aromatic hydroxyl groups is 1. The number of carbonyl (C=O) groups is 1. The third-order valence-electron chi connectivity index (χ3n) is 4.31. The number of sulfonamides is 1. The average Bonchev–Trinajstić information content (AvgIpc) is 2.66. The van der Waals surface area contributed by atoms with Crippen molar-refractivity contribution in [2.75, 3.05) is 4.72 Å². The van der Waals surface area contributed by atoms with Crippen molar-refractivity contribution < 1.29 is 27.8 Å². The van der Waals surface area contributed by atoms with Crippen molar-refractivity contribution in [3.05, 3.63) is 88.7 Å². The third-order valence-corrected chi connectivity index (χ3v) is 5.68. The maximum absolute atomic E-state index is 14.4. The maximum atomic E-state index is 14.4. The smallest absolute Gasteiger partial charge is 0.335 e. The molecular weight excluding hydrogens is 397 g/mol. The number of phenols is 1. The molecule has 0 unspecified atom stereocenters. The van der Waals surface area contributed by atoms with Gasteiger partial charge in [-0.15, -0.1) is 0 Å². The van der Waals surface area contributed by atoms with E-state index in [0.717, 1.165) is 23.3 Å². The predicted molar refractivity (Wildman–Crippen MR) is 106 cm³/mol. The van der Waals surface area contributed by atoms with Gasteiger partial charge in [0, 0.05) is 0 Å². The van der Waals surface area contributed by atoms with E-state index in [1.54, 1.807) is 6.07 Å². The zero-order valence-corrected chi connectivity index (χ0v) is 16.2. The minimum Gasteiger partial charge on any atom is -0.506 e. The summed E-state index contributed by atoms with van der Waals surface area (Å²) in [5, 5.41) is 19.2. The first-order chi connectivity index (χ1) is 13.7.